The van der Waals surface area contributed by atoms with Gasteiger partial charge in [-0.05, 0) is 71.7 Å². The Kier molecular flexibility index (Phi) is 5.96. The van der Waals surface area contributed by atoms with Crippen LogP contribution in [0, 0.1) is 0 Å². The summed E-state index contributed by atoms with van der Waals surface area (Å²) in [6.07, 6.45) is 4.05. The lowest BCUT2D eigenvalue weighted by Gasteiger charge is -2.24. The van der Waals surface area contributed by atoms with Gasteiger partial charge in [0.15, 0.2) is 5.82 Å². The van der Waals surface area contributed by atoms with E-state index in [2.05, 4.69) is 36.2 Å². The van der Waals surface area contributed by atoms with Crippen molar-refractivity contribution in [2.45, 2.75) is 36.6 Å². The number of hydrogen-bond acceptors (Lipinski definition) is 4. The second kappa shape index (κ2) is 8.50. The first-order chi connectivity index (χ1) is 14.3. The number of halogens is 2. The number of anilines is 1. The van der Waals surface area contributed by atoms with E-state index in [1.54, 1.807) is 36.5 Å². The highest BCUT2D eigenvalue weighted by molar-refractivity contribution is 8.00. The summed E-state index contributed by atoms with van der Waals surface area (Å²) >= 11 is 13.9. The van der Waals surface area contributed by atoms with Gasteiger partial charge in [-0.2, -0.15) is 0 Å². The first-order valence-electron chi connectivity index (χ1n) is 9.53. The lowest BCUT2D eigenvalue weighted by molar-refractivity contribution is 0.0697. The summed E-state index contributed by atoms with van der Waals surface area (Å²) in [7, 11) is 0. The molecular formula is C23H20Cl2N2O2S. The normalized spacial score (nSPS) is 14.4. The maximum absolute atomic E-state index is 11.1. The van der Waals surface area contributed by atoms with Crippen LogP contribution in [0.15, 0.2) is 65.7 Å². The number of aromatic nitrogens is 1. The number of pyridine rings is 1. The highest BCUT2D eigenvalue weighted by Crippen LogP contribution is 2.47. The highest BCUT2D eigenvalue weighted by atomic mass is 35.5. The van der Waals surface area contributed by atoms with Crippen LogP contribution >= 0.6 is 35.1 Å². The van der Waals surface area contributed by atoms with Crippen LogP contribution in [-0.2, 0) is 12.0 Å². The number of carboxylic acids is 1. The molecule has 1 aliphatic carbocycles. The van der Waals surface area contributed by atoms with E-state index in [1.807, 2.05) is 4.31 Å². The van der Waals surface area contributed by atoms with Crippen LogP contribution < -0.4 is 4.31 Å². The first-order valence-corrected chi connectivity index (χ1v) is 11.1. The molecule has 1 aromatic heterocycles. The number of carboxylic acid groups (broad SMARTS) is 1. The van der Waals surface area contributed by atoms with Gasteiger partial charge in [-0.15, -0.1) is 0 Å². The Balaban J connectivity index is 1.60. The summed E-state index contributed by atoms with van der Waals surface area (Å²) in [5.41, 5.74) is 3.08. The average molecular weight is 459 g/mol. The molecule has 1 heterocycles. The van der Waals surface area contributed by atoms with Gasteiger partial charge in [-0.25, -0.2) is 9.78 Å². The van der Waals surface area contributed by atoms with Gasteiger partial charge in [-0.1, -0.05) is 54.4 Å². The van der Waals surface area contributed by atoms with Crippen molar-refractivity contribution < 1.29 is 9.90 Å². The fraction of sp³-hybridized carbons (Fsp3) is 0.217. The van der Waals surface area contributed by atoms with Gasteiger partial charge < -0.3 is 5.11 Å². The predicted octanol–water partition coefficient (Wildman–Crippen LogP) is 6.85. The molecule has 4 nitrogen and oxygen atoms in total. The third-order valence-electron chi connectivity index (χ3n) is 5.32. The molecule has 0 atom stereocenters. The van der Waals surface area contributed by atoms with Crippen molar-refractivity contribution in [3.63, 3.8) is 0 Å². The van der Waals surface area contributed by atoms with Crippen LogP contribution in [0.25, 0.3) is 0 Å². The number of benzene rings is 2. The van der Waals surface area contributed by atoms with E-state index in [9.17, 15) is 4.79 Å². The Morgan fingerprint density at radius 1 is 1.13 bits per heavy atom. The van der Waals surface area contributed by atoms with Crippen LogP contribution in [0.5, 0.6) is 0 Å². The molecule has 7 heteroatoms. The molecule has 0 saturated heterocycles. The van der Waals surface area contributed by atoms with Crippen molar-refractivity contribution in [3.8, 4) is 0 Å². The number of aromatic carboxylic acids is 1. The second-order valence-corrected chi connectivity index (χ2v) is 9.61. The standard InChI is InChI=1S/C23H20Cl2N2O2S/c1-23(10-11-23)17-6-2-15(3-7-17)14-27(21-20(25)12-18(24)13-26-21)30-19-8-4-16(5-9-19)22(28)29/h2-9,12-13H,10-11,14H2,1H3,(H,28,29). The number of nitrogens with zero attached hydrogens (tertiary/aromatic N) is 2. The molecule has 0 radical (unpaired) electrons. The fourth-order valence-corrected chi connectivity index (χ4v) is 4.67. The number of hydrogen-bond donors (Lipinski definition) is 1. The Hall–Kier alpha value is -2.21. The van der Waals surface area contributed by atoms with Gasteiger partial charge in [0.2, 0.25) is 0 Å². The van der Waals surface area contributed by atoms with E-state index in [1.165, 1.54) is 30.4 Å². The minimum atomic E-state index is -0.949. The summed E-state index contributed by atoms with van der Waals surface area (Å²) in [6, 6.07) is 17.1. The van der Waals surface area contributed by atoms with Crippen molar-refractivity contribution in [2.24, 2.45) is 0 Å². The fourth-order valence-electron chi connectivity index (χ4n) is 3.18. The third-order valence-corrected chi connectivity index (χ3v) is 6.81. The molecule has 0 aliphatic heterocycles. The van der Waals surface area contributed by atoms with Gasteiger partial charge in [0.25, 0.3) is 0 Å². The van der Waals surface area contributed by atoms with Crippen LogP contribution in [0.3, 0.4) is 0 Å². The van der Waals surface area contributed by atoms with E-state index in [-0.39, 0.29) is 5.56 Å². The number of rotatable bonds is 7. The van der Waals surface area contributed by atoms with Gasteiger partial charge in [0, 0.05) is 11.1 Å². The molecule has 0 unspecified atom stereocenters. The quantitative estimate of drug-likeness (QED) is 0.392. The summed E-state index contributed by atoms with van der Waals surface area (Å²) in [6.45, 7) is 2.87. The van der Waals surface area contributed by atoms with Crippen molar-refractivity contribution in [3.05, 3.63) is 87.5 Å². The van der Waals surface area contributed by atoms with Gasteiger partial charge in [-0.3, -0.25) is 4.31 Å². The Morgan fingerprint density at radius 3 is 2.37 bits per heavy atom. The van der Waals surface area contributed by atoms with E-state index < -0.39 is 5.97 Å². The third kappa shape index (κ3) is 4.75. The lowest BCUT2D eigenvalue weighted by Crippen LogP contribution is -2.16. The van der Waals surface area contributed by atoms with E-state index >= 15 is 0 Å². The molecule has 4 rings (SSSR count). The lowest BCUT2D eigenvalue weighted by atomic mass is 9.97. The van der Waals surface area contributed by atoms with Crippen LogP contribution in [0.4, 0.5) is 5.82 Å². The zero-order valence-electron chi connectivity index (χ0n) is 16.3. The smallest absolute Gasteiger partial charge is 0.335 e. The van der Waals surface area contributed by atoms with Crippen molar-refractivity contribution >= 4 is 46.9 Å². The van der Waals surface area contributed by atoms with E-state index in [0.717, 1.165) is 10.5 Å². The molecule has 0 bridgehead atoms. The van der Waals surface area contributed by atoms with Crippen LogP contribution in [0.2, 0.25) is 10.0 Å². The Labute approximate surface area is 190 Å². The molecular weight excluding hydrogens is 439 g/mol. The maximum Gasteiger partial charge on any atom is 0.335 e. The van der Waals surface area contributed by atoms with Crippen LogP contribution in [0.1, 0.15) is 41.3 Å². The topological polar surface area (TPSA) is 53.4 Å². The summed E-state index contributed by atoms with van der Waals surface area (Å²) in [4.78, 5) is 16.4. The molecule has 0 spiro atoms. The minimum Gasteiger partial charge on any atom is -0.478 e. The molecule has 2 aromatic carbocycles. The average Bonchev–Trinajstić information content (AvgIpc) is 3.47. The van der Waals surface area contributed by atoms with Crippen LogP contribution in [-0.4, -0.2) is 16.1 Å². The zero-order valence-corrected chi connectivity index (χ0v) is 18.6. The molecule has 1 fully saturated rings. The van der Waals surface area contributed by atoms with Crippen molar-refractivity contribution in [1.82, 2.24) is 4.98 Å². The van der Waals surface area contributed by atoms with Crippen molar-refractivity contribution in [1.29, 1.82) is 0 Å². The van der Waals surface area contributed by atoms with Gasteiger partial charge in [0.05, 0.1) is 22.2 Å². The highest BCUT2D eigenvalue weighted by Gasteiger charge is 2.38. The molecule has 0 amide bonds. The SMILES string of the molecule is CC1(c2ccc(CN(Sc3ccc(C(=O)O)cc3)c3ncc(Cl)cc3Cl)cc2)CC1. The molecule has 154 valence electrons. The first kappa shape index (κ1) is 21.0. The largest absolute Gasteiger partial charge is 0.478 e. The van der Waals surface area contributed by atoms with E-state index in [0.29, 0.717) is 27.8 Å². The molecule has 3 aromatic rings. The predicted molar refractivity (Wildman–Crippen MR) is 123 cm³/mol. The second-order valence-electron chi connectivity index (χ2n) is 7.67. The molecule has 30 heavy (non-hydrogen) atoms. The molecule has 1 N–H and O–H groups in total. The number of carbonyl (C=O) groups is 1. The maximum atomic E-state index is 11.1. The summed E-state index contributed by atoms with van der Waals surface area (Å²) in [5.74, 6) is -0.345. The van der Waals surface area contributed by atoms with Gasteiger partial charge >= 0.3 is 5.97 Å². The summed E-state index contributed by atoms with van der Waals surface area (Å²) in [5, 5.41) is 10.1. The summed E-state index contributed by atoms with van der Waals surface area (Å²) < 4.78 is 1.99. The molecule has 1 saturated carbocycles. The minimum absolute atomic E-state index is 0.248. The van der Waals surface area contributed by atoms with Gasteiger partial charge in [0.1, 0.15) is 0 Å². The molecule has 1 aliphatic rings. The van der Waals surface area contributed by atoms with E-state index in [4.69, 9.17) is 28.3 Å². The van der Waals surface area contributed by atoms with Crippen molar-refractivity contribution in [2.75, 3.05) is 4.31 Å². The monoisotopic (exact) mass is 458 g/mol. The Morgan fingerprint density at radius 2 is 1.80 bits per heavy atom. The zero-order chi connectivity index (χ0) is 21.3. The Bertz CT molecular complexity index is 1070.